The van der Waals surface area contributed by atoms with E-state index in [1.807, 2.05) is 6.92 Å². The fourth-order valence-corrected chi connectivity index (χ4v) is 10.8. The van der Waals surface area contributed by atoms with E-state index in [0.29, 0.717) is 110 Å². The summed E-state index contributed by atoms with van der Waals surface area (Å²) in [5, 5.41) is 0. The van der Waals surface area contributed by atoms with Gasteiger partial charge in [0.05, 0.1) is 0 Å². The Kier molecular flexibility index (Phi) is 31.7. The van der Waals surface area contributed by atoms with Crippen LogP contribution in [0.25, 0.3) is 0 Å². The van der Waals surface area contributed by atoms with Crippen LogP contribution in [0, 0.1) is 0 Å². The second-order valence-electron chi connectivity index (χ2n) is 24.0. The normalized spacial score (nSPS) is 11.6. The highest BCUT2D eigenvalue weighted by Crippen LogP contribution is 2.42. The van der Waals surface area contributed by atoms with Crippen LogP contribution in [0.5, 0.6) is 23.0 Å². The molecule has 0 aromatic heterocycles. The molecule has 0 spiro atoms. The van der Waals surface area contributed by atoms with Crippen molar-refractivity contribution in [3.05, 3.63) is 152 Å². The van der Waals surface area contributed by atoms with Gasteiger partial charge in [-0.2, -0.15) is 0 Å². The summed E-state index contributed by atoms with van der Waals surface area (Å²) in [7, 11) is 0. The number of hydrogen-bond donors (Lipinski definition) is 0. The zero-order chi connectivity index (χ0) is 68.0. The summed E-state index contributed by atoms with van der Waals surface area (Å²) in [5.41, 5.74) is 5.76. The molecule has 0 atom stereocenters. The van der Waals surface area contributed by atoms with Crippen molar-refractivity contribution in [2.24, 2.45) is 0 Å². The van der Waals surface area contributed by atoms with Crippen molar-refractivity contribution in [1.29, 1.82) is 0 Å². The maximum Gasteiger partial charge on any atom is 0.333 e. The molecule has 502 valence electrons. The van der Waals surface area contributed by atoms with Crippen LogP contribution in [0.4, 0.5) is 0 Å². The molecule has 17 nitrogen and oxygen atoms in total. The van der Waals surface area contributed by atoms with Gasteiger partial charge >= 0.3 is 23.9 Å². The van der Waals surface area contributed by atoms with Crippen molar-refractivity contribution in [2.45, 2.75) is 190 Å². The lowest BCUT2D eigenvalue weighted by Crippen LogP contribution is -2.18. The number of ether oxygens (including phenoxy) is 8. The first kappa shape index (κ1) is 75.3. The van der Waals surface area contributed by atoms with Gasteiger partial charge in [-0.05, 0) is 146 Å². The molecule has 17 heteroatoms. The highest BCUT2D eigenvalue weighted by molar-refractivity contribution is 5.99. The van der Waals surface area contributed by atoms with E-state index in [-0.39, 0.29) is 156 Å². The third-order valence-corrected chi connectivity index (χ3v) is 15.5. The Morgan fingerprint density at radius 1 is 0.323 bits per heavy atom. The second-order valence-corrected chi connectivity index (χ2v) is 24.0. The summed E-state index contributed by atoms with van der Waals surface area (Å²) >= 11 is 0. The molecule has 5 rings (SSSR count). The van der Waals surface area contributed by atoms with E-state index in [1.54, 1.807) is 48.5 Å². The van der Waals surface area contributed by atoms with Gasteiger partial charge in [0.2, 0.25) is 0 Å². The summed E-state index contributed by atoms with van der Waals surface area (Å²) in [4.78, 5) is 122. The van der Waals surface area contributed by atoms with Gasteiger partial charge < -0.3 is 37.9 Å². The van der Waals surface area contributed by atoms with E-state index >= 15 is 0 Å². The minimum absolute atomic E-state index is 0.0389. The van der Waals surface area contributed by atoms with E-state index < -0.39 is 30.3 Å². The lowest BCUT2D eigenvalue weighted by Gasteiger charge is -2.25. The van der Waals surface area contributed by atoms with Crippen molar-refractivity contribution >= 4 is 52.8 Å². The van der Waals surface area contributed by atoms with E-state index in [1.165, 1.54) is 27.7 Å². The molecule has 8 bridgehead atoms. The van der Waals surface area contributed by atoms with Crippen LogP contribution >= 0.6 is 0 Å². The quantitative estimate of drug-likeness (QED) is 0.00885. The molecule has 4 aromatic carbocycles. The number of hydrogen-bond acceptors (Lipinski definition) is 17. The smallest absolute Gasteiger partial charge is 0.333 e. The molecule has 93 heavy (non-hydrogen) atoms. The fourth-order valence-electron chi connectivity index (χ4n) is 10.8. The average molecular weight is 1280 g/mol. The number of ketones is 5. The summed E-state index contributed by atoms with van der Waals surface area (Å²) < 4.78 is 49.4. The van der Waals surface area contributed by atoms with Gasteiger partial charge in [-0.3, -0.25) is 28.8 Å². The molecule has 0 N–H and O–H groups in total. The Balaban J connectivity index is 2.03. The highest BCUT2D eigenvalue weighted by atomic mass is 16.6. The van der Waals surface area contributed by atoms with Crippen LogP contribution in [-0.2, 0) is 68.6 Å². The van der Waals surface area contributed by atoms with Gasteiger partial charge in [-0.15, -0.1) is 0 Å². The lowest BCUT2D eigenvalue weighted by atomic mass is 9.86. The molecule has 0 fully saturated rings. The Labute approximate surface area is 549 Å². The van der Waals surface area contributed by atoms with E-state index in [2.05, 4.69) is 40.5 Å². The Bertz CT molecular complexity index is 3200. The third-order valence-electron chi connectivity index (χ3n) is 15.5. The molecule has 1 aliphatic carbocycles. The van der Waals surface area contributed by atoms with Crippen LogP contribution in [0.1, 0.15) is 250 Å². The number of fused-ring (bicyclic) bond motifs is 8. The number of unbranched alkanes of at least 4 members (excludes halogenated alkanes) is 8. The average Bonchev–Trinajstić information content (AvgIpc) is 0.813. The van der Waals surface area contributed by atoms with Crippen LogP contribution in [0.15, 0.2) is 85.0 Å². The molecular formula is C76H96O17. The summed E-state index contributed by atoms with van der Waals surface area (Å²) in [6.45, 7) is 23.7. The van der Waals surface area contributed by atoms with Gasteiger partial charge in [-0.1, -0.05) is 98.8 Å². The zero-order valence-corrected chi connectivity index (χ0v) is 56.2. The molecule has 4 aromatic rings. The Morgan fingerprint density at radius 3 is 0.731 bits per heavy atom. The van der Waals surface area contributed by atoms with Crippen LogP contribution in [-0.4, -0.2) is 106 Å². The lowest BCUT2D eigenvalue weighted by molar-refractivity contribution is -0.146. The van der Waals surface area contributed by atoms with Crippen molar-refractivity contribution < 1.29 is 81.0 Å². The first-order chi connectivity index (χ1) is 44.6. The summed E-state index contributed by atoms with van der Waals surface area (Å²) in [6.07, 6.45) is 9.39. The first-order valence-corrected chi connectivity index (χ1v) is 33.0. The highest BCUT2D eigenvalue weighted by Gasteiger charge is 2.28. The minimum Gasteiger partial charge on any atom is -0.489 e. The van der Waals surface area contributed by atoms with Gasteiger partial charge in [0.1, 0.15) is 88.1 Å². The number of carbonyl (C=O) groups is 9. The molecule has 0 saturated heterocycles. The van der Waals surface area contributed by atoms with Crippen molar-refractivity contribution in [3.63, 3.8) is 0 Å². The van der Waals surface area contributed by atoms with Gasteiger partial charge in [0.15, 0.2) is 23.1 Å². The number of Topliss-reactive ketones (excluding diaryl/α,β-unsaturated/α-hetero) is 5. The SMILES string of the molecule is C=C(C)C(=O)OCCOc1c2cc(C(=O)CCCCC)cc1Cc1cc(C(=O)CCCCC)cc(c1OCCOC(=O)C(=C)C)Cc1cc(C(=O)CCCCC)cc(c1OCCOC(=O)C(=C)C)Cc1cc(C(=O)CCCCC)cc(c1OCCOC(=O)CC(C)=O)C2. The number of benzene rings is 4. The third kappa shape index (κ3) is 24.2. The van der Waals surface area contributed by atoms with Crippen molar-refractivity contribution in [2.75, 3.05) is 52.9 Å². The zero-order valence-electron chi connectivity index (χ0n) is 56.2. The summed E-state index contributed by atoms with van der Waals surface area (Å²) in [6, 6.07) is 14.1. The number of rotatable bonds is 41. The maximum atomic E-state index is 14.7. The van der Waals surface area contributed by atoms with Crippen LogP contribution in [0.3, 0.4) is 0 Å². The predicted octanol–water partition coefficient (Wildman–Crippen LogP) is 14.8. The molecule has 0 amide bonds. The maximum absolute atomic E-state index is 14.7. The van der Waals surface area contributed by atoms with E-state index in [9.17, 15) is 43.2 Å². The van der Waals surface area contributed by atoms with Crippen molar-refractivity contribution in [1.82, 2.24) is 0 Å². The Hall–Kier alpha value is -8.47. The van der Waals surface area contributed by atoms with E-state index in [0.717, 1.165) is 51.4 Å². The molecule has 0 unspecified atom stereocenters. The topological polar surface area (TPSA) is 227 Å². The first-order valence-electron chi connectivity index (χ1n) is 33.0. The van der Waals surface area contributed by atoms with Gasteiger partial charge in [0, 0.05) is 90.3 Å². The molecule has 0 radical (unpaired) electrons. The largest absolute Gasteiger partial charge is 0.489 e. The minimum atomic E-state index is -0.744. The molecule has 0 aliphatic heterocycles. The second kappa shape index (κ2) is 39.2. The molecule has 0 saturated carbocycles. The summed E-state index contributed by atoms with van der Waals surface area (Å²) in [5.74, 6) is -2.43. The standard InChI is InChI=1S/C76H96O17/c1-12-16-20-24-65(78)53-37-57-45-59-39-54(66(79)25-21-17-13-2)41-61(71(59)88-30-33-91-74(83)49(5)6)47-63-43-56(68(81)27-23-19-15-4)44-64(73(63)90-32-35-93-76(85)51(9)10)48-62-42-55(67(80)26-22-18-14-3)40-60(72(62)89-31-34-92-75(84)50(7)8)46-58(38-53)70(57)87-29-28-86-69(82)36-52(11)77/h37-44H,5,7,9,12-36,45-48H2,1-4,6,8,10-11H3. The number of carbonyl (C=O) groups excluding carboxylic acids is 9. The Morgan fingerprint density at radius 2 is 0.538 bits per heavy atom. The number of esters is 4. The predicted molar refractivity (Wildman–Crippen MR) is 356 cm³/mol. The van der Waals surface area contributed by atoms with Crippen LogP contribution in [0.2, 0.25) is 0 Å². The fraction of sp³-hybridized carbons (Fsp3) is 0.487. The van der Waals surface area contributed by atoms with E-state index in [4.69, 9.17) is 37.9 Å². The van der Waals surface area contributed by atoms with Crippen LogP contribution < -0.4 is 18.9 Å². The molecule has 1 aliphatic rings. The van der Waals surface area contributed by atoms with Crippen molar-refractivity contribution in [3.8, 4) is 23.0 Å². The monoisotopic (exact) mass is 1280 g/mol. The molecular weight excluding hydrogens is 1180 g/mol. The molecule has 0 heterocycles. The van der Waals surface area contributed by atoms with Gasteiger partial charge in [-0.25, -0.2) is 14.4 Å². The van der Waals surface area contributed by atoms with Gasteiger partial charge in [0.25, 0.3) is 0 Å².